The van der Waals surface area contributed by atoms with Crippen LogP contribution in [0.5, 0.6) is 0 Å². The summed E-state index contributed by atoms with van der Waals surface area (Å²) in [4.78, 5) is 19.8. The fourth-order valence-corrected chi connectivity index (χ4v) is 3.14. The van der Waals surface area contributed by atoms with Crippen molar-refractivity contribution in [2.24, 2.45) is 5.92 Å². The van der Waals surface area contributed by atoms with Gasteiger partial charge in [0.25, 0.3) is 0 Å². The molecular formula is C17H23N3O2. The number of aromatic amines is 1. The molecule has 0 radical (unpaired) electrons. The first-order valence-corrected chi connectivity index (χ1v) is 7.98. The first-order valence-electron chi connectivity index (χ1n) is 7.98. The SMILES string of the molecule is CC1CCC(Nc2c(C(=O)OC(C)C)cnc3[nH]ccc23)C1. The topological polar surface area (TPSA) is 67.0 Å². The van der Waals surface area contributed by atoms with Crippen molar-refractivity contribution in [3.8, 4) is 0 Å². The number of pyridine rings is 1. The summed E-state index contributed by atoms with van der Waals surface area (Å²) in [6.45, 7) is 5.98. The maximum Gasteiger partial charge on any atom is 0.342 e. The van der Waals surface area contributed by atoms with Gasteiger partial charge in [-0.2, -0.15) is 0 Å². The third-order valence-electron chi connectivity index (χ3n) is 4.19. The van der Waals surface area contributed by atoms with Crippen molar-refractivity contribution >= 4 is 22.7 Å². The molecule has 2 aromatic heterocycles. The second kappa shape index (κ2) is 5.99. The smallest absolute Gasteiger partial charge is 0.342 e. The van der Waals surface area contributed by atoms with Crippen LogP contribution in [-0.2, 0) is 4.74 Å². The van der Waals surface area contributed by atoms with E-state index >= 15 is 0 Å². The molecule has 1 aliphatic carbocycles. The second-order valence-electron chi connectivity index (χ2n) is 6.50. The molecule has 0 aliphatic heterocycles. The lowest BCUT2D eigenvalue weighted by Gasteiger charge is -2.18. The maximum absolute atomic E-state index is 12.4. The Kier molecular flexibility index (Phi) is 4.05. The number of ether oxygens (including phenoxy) is 1. The summed E-state index contributed by atoms with van der Waals surface area (Å²) >= 11 is 0. The van der Waals surface area contributed by atoms with Gasteiger partial charge in [0, 0.05) is 23.8 Å². The molecule has 1 fully saturated rings. The van der Waals surface area contributed by atoms with Crippen molar-refractivity contribution < 1.29 is 9.53 Å². The van der Waals surface area contributed by atoms with Crippen LogP contribution in [0.3, 0.4) is 0 Å². The zero-order valence-corrected chi connectivity index (χ0v) is 13.3. The van der Waals surface area contributed by atoms with E-state index in [1.54, 1.807) is 6.20 Å². The van der Waals surface area contributed by atoms with Gasteiger partial charge in [-0.3, -0.25) is 0 Å². The molecule has 0 spiro atoms. The van der Waals surface area contributed by atoms with Gasteiger partial charge in [-0.1, -0.05) is 6.92 Å². The molecule has 5 nitrogen and oxygen atoms in total. The van der Waals surface area contributed by atoms with Gasteiger partial charge < -0.3 is 15.0 Å². The highest BCUT2D eigenvalue weighted by molar-refractivity contribution is 6.04. The number of rotatable bonds is 4. The van der Waals surface area contributed by atoms with E-state index in [4.69, 9.17) is 4.74 Å². The summed E-state index contributed by atoms with van der Waals surface area (Å²) in [5.41, 5.74) is 2.14. The minimum absolute atomic E-state index is 0.145. The quantitative estimate of drug-likeness (QED) is 0.844. The van der Waals surface area contributed by atoms with E-state index in [2.05, 4.69) is 22.2 Å². The molecular weight excluding hydrogens is 278 g/mol. The Morgan fingerprint density at radius 3 is 2.95 bits per heavy atom. The minimum Gasteiger partial charge on any atom is -0.459 e. The highest BCUT2D eigenvalue weighted by Gasteiger charge is 2.25. The summed E-state index contributed by atoms with van der Waals surface area (Å²) in [7, 11) is 0. The van der Waals surface area contributed by atoms with Crippen molar-refractivity contribution in [3.05, 3.63) is 24.0 Å². The number of hydrogen-bond donors (Lipinski definition) is 2. The number of carbonyl (C=O) groups is 1. The average Bonchev–Trinajstić information content (AvgIpc) is 3.07. The zero-order valence-electron chi connectivity index (χ0n) is 13.3. The molecule has 2 heterocycles. The monoisotopic (exact) mass is 301 g/mol. The summed E-state index contributed by atoms with van der Waals surface area (Å²) in [6.07, 6.45) is 6.79. The lowest BCUT2D eigenvalue weighted by atomic mass is 10.1. The van der Waals surface area contributed by atoms with Gasteiger partial charge >= 0.3 is 5.97 Å². The van der Waals surface area contributed by atoms with Gasteiger partial charge in [0.2, 0.25) is 0 Å². The van der Waals surface area contributed by atoms with E-state index in [1.807, 2.05) is 26.1 Å². The molecule has 1 saturated carbocycles. The average molecular weight is 301 g/mol. The van der Waals surface area contributed by atoms with E-state index in [9.17, 15) is 4.79 Å². The van der Waals surface area contributed by atoms with Crippen molar-refractivity contribution in [2.75, 3.05) is 5.32 Å². The predicted molar refractivity (Wildman–Crippen MR) is 87.1 cm³/mol. The lowest BCUT2D eigenvalue weighted by Crippen LogP contribution is -2.20. The summed E-state index contributed by atoms with van der Waals surface area (Å²) in [6, 6.07) is 2.36. The van der Waals surface area contributed by atoms with Gasteiger partial charge in [-0.05, 0) is 45.1 Å². The van der Waals surface area contributed by atoms with Crippen LogP contribution >= 0.6 is 0 Å². The normalized spacial score (nSPS) is 21.5. The lowest BCUT2D eigenvalue weighted by molar-refractivity contribution is 0.0379. The molecule has 1 aliphatic rings. The van der Waals surface area contributed by atoms with E-state index in [0.717, 1.165) is 35.5 Å². The number of carbonyl (C=O) groups excluding carboxylic acids is 1. The number of fused-ring (bicyclic) bond motifs is 1. The molecule has 0 saturated heterocycles. The van der Waals surface area contributed by atoms with Crippen molar-refractivity contribution in [1.29, 1.82) is 0 Å². The summed E-state index contributed by atoms with van der Waals surface area (Å²) < 4.78 is 5.36. The molecule has 2 aromatic rings. The molecule has 0 bridgehead atoms. The highest BCUT2D eigenvalue weighted by atomic mass is 16.5. The molecule has 118 valence electrons. The molecule has 5 heteroatoms. The minimum atomic E-state index is -0.320. The Hall–Kier alpha value is -2.04. The van der Waals surface area contributed by atoms with Gasteiger partial charge in [-0.15, -0.1) is 0 Å². The fraction of sp³-hybridized carbons (Fsp3) is 0.529. The summed E-state index contributed by atoms with van der Waals surface area (Å²) in [5.74, 6) is 0.409. The largest absolute Gasteiger partial charge is 0.459 e. The van der Waals surface area contributed by atoms with E-state index in [1.165, 1.54) is 6.42 Å². The number of nitrogens with zero attached hydrogens (tertiary/aromatic N) is 1. The van der Waals surface area contributed by atoms with Crippen LogP contribution in [0, 0.1) is 5.92 Å². The Bertz CT molecular complexity index is 678. The maximum atomic E-state index is 12.4. The van der Waals surface area contributed by atoms with Gasteiger partial charge in [0.05, 0.1) is 11.8 Å². The first kappa shape index (κ1) is 14.9. The fourth-order valence-electron chi connectivity index (χ4n) is 3.14. The number of esters is 1. The van der Waals surface area contributed by atoms with Crippen molar-refractivity contribution in [3.63, 3.8) is 0 Å². The predicted octanol–water partition coefficient (Wildman–Crippen LogP) is 3.73. The zero-order chi connectivity index (χ0) is 15.7. The number of aromatic nitrogens is 2. The van der Waals surface area contributed by atoms with Crippen LogP contribution in [0.4, 0.5) is 5.69 Å². The van der Waals surface area contributed by atoms with Gasteiger partial charge in [-0.25, -0.2) is 9.78 Å². The Morgan fingerprint density at radius 2 is 2.27 bits per heavy atom. The summed E-state index contributed by atoms with van der Waals surface area (Å²) in [5, 5.41) is 4.50. The molecule has 2 N–H and O–H groups in total. The van der Waals surface area contributed by atoms with Crippen LogP contribution in [0.25, 0.3) is 11.0 Å². The van der Waals surface area contributed by atoms with E-state index < -0.39 is 0 Å². The van der Waals surface area contributed by atoms with Crippen molar-refractivity contribution in [2.45, 2.75) is 52.2 Å². The van der Waals surface area contributed by atoms with Crippen LogP contribution in [0.2, 0.25) is 0 Å². The Labute approximate surface area is 130 Å². The molecule has 2 atom stereocenters. The molecule has 22 heavy (non-hydrogen) atoms. The van der Waals surface area contributed by atoms with Crippen LogP contribution in [0.15, 0.2) is 18.5 Å². The van der Waals surface area contributed by atoms with Crippen LogP contribution in [-0.4, -0.2) is 28.1 Å². The van der Waals surface area contributed by atoms with Crippen molar-refractivity contribution in [1.82, 2.24) is 9.97 Å². The third kappa shape index (κ3) is 2.93. The van der Waals surface area contributed by atoms with Gasteiger partial charge in [0.1, 0.15) is 11.2 Å². The number of anilines is 1. The van der Waals surface area contributed by atoms with Crippen LogP contribution < -0.4 is 5.32 Å². The molecule has 0 amide bonds. The van der Waals surface area contributed by atoms with E-state index in [0.29, 0.717) is 11.6 Å². The van der Waals surface area contributed by atoms with Gasteiger partial charge in [0.15, 0.2) is 0 Å². The Morgan fingerprint density at radius 1 is 1.45 bits per heavy atom. The second-order valence-corrected chi connectivity index (χ2v) is 6.50. The highest BCUT2D eigenvalue weighted by Crippen LogP contribution is 2.32. The standard InChI is InChI=1S/C17H23N3O2/c1-10(2)22-17(21)14-9-19-16-13(6-7-18-16)15(14)20-12-5-4-11(3)8-12/h6-7,9-12H,4-5,8H2,1-3H3,(H2,18,19,20). The number of H-pyrrole nitrogens is 1. The van der Waals surface area contributed by atoms with E-state index in [-0.39, 0.29) is 12.1 Å². The van der Waals surface area contributed by atoms with Crippen LogP contribution in [0.1, 0.15) is 50.4 Å². The molecule has 0 aromatic carbocycles. The number of hydrogen-bond acceptors (Lipinski definition) is 4. The molecule has 3 rings (SSSR count). The molecule has 2 unspecified atom stereocenters. The Balaban J connectivity index is 1.96. The third-order valence-corrected chi connectivity index (χ3v) is 4.19. The number of nitrogens with one attached hydrogen (secondary N) is 2. The first-order chi connectivity index (χ1) is 10.5.